The average molecular weight is 407 g/mol. The highest BCUT2D eigenvalue weighted by molar-refractivity contribution is 5.98. The minimum Gasteiger partial charge on any atom is -0.489 e. The van der Waals surface area contributed by atoms with Gasteiger partial charge in [-0.3, -0.25) is 9.59 Å². The number of aromatic nitrogens is 1. The predicted octanol–water partition coefficient (Wildman–Crippen LogP) is 2.84. The molecule has 2 atom stereocenters. The molecule has 1 amide bonds. The van der Waals surface area contributed by atoms with E-state index in [9.17, 15) is 14.9 Å². The minimum absolute atomic E-state index is 0.0384. The maximum Gasteiger partial charge on any atom is 0.307 e. The summed E-state index contributed by atoms with van der Waals surface area (Å²) in [5.74, 6) is -1.54. The topological polar surface area (TPSA) is 122 Å². The number of rotatable bonds is 6. The first kappa shape index (κ1) is 19.9. The fourth-order valence-corrected chi connectivity index (χ4v) is 3.53. The van der Waals surface area contributed by atoms with Gasteiger partial charge in [0.15, 0.2) is 0 Å². The van der Waals surface area contributed by atoms with Gasteiger partial charge >= 0.3 is 5.97 Å². The number of hydrogen-bond acceptors (Lipinski definition) is 6. The fraction of sp³-hybridized carbons (Fsp3) is 0.364. The largest absolute Gasteiger partial charge is 0.489 e. The van der Waals surface area contributed by atoms with Gasteiger partial charge in [0, 0.05) is 19.0 Å². The number of carboxylic acid groups (broad SMARTS) is 1. The summed E-state index contributed by atoms with van der Waals surface area (Å²) in [6, 6.07) is 11.1. The quantitative estimate of drug-likeness (QED) is 0.755. The van der Waals surface area contributed by atoms with Gasteiger partial charge < -0.3 is 19.9 Å². The molecule has 0 spiro atoms. The SMILES string of the molecule is N#Cc1cc(-c2ccnc(NC(=O)C3CC3C(=O)O)c2)ccc1OC1CCOCC1. The monoisotopic (exact) mass is 407 g/mol. The van der Waals surface area contributed by atoms with Crippen molar-refractivity contribution in [1.29, 1.82) is 5.26 Å². The first-order valence-electron chi connectivity index (χ1n) is 9.84. The first-order chi connectivity index (χ1) is 14.5. The van der Waals surface area contributed by atoms with Crippen LogP contribution >= 0.6 is 0 Å². The van der Waals surface area contributed by atoms with E-state index in [4.69, 9.17) is 14.6 Å². The summed E-state index contributed by atoms with van der Waals surface area (Å²) in [4.78, 5) is 27.3. The molecule has 1 aromatic carbocycles. The summed E-state index contributed by atoms with van der Waals surface area (Å²) in [6.07, 6.45) is 3.54. The van der Waals surface area contributed by atoms with Crippen molar-refractivity contribution in [2.45, 2.75) is 25.4 Å². The number of carboxylic acids is 1. The lowest BCUT2D eigenvalue weighted by Crippen LogP contribution is -2.26. The average Bonchev–Trinajstić information content (AvgIpc) is 3.56. The molecule has 1 aliphatic heterocycles. The Morgan fingerprint density at radius 2 is 1.93 bits per heavy atom. The first-order valence-corrected chi connectivity index (χ1v) is 9.84. The van der Waals surface area contributed by atoms with Gasteiger partial charge in [-0.15, -0.1) is 0 Å². The Hall–Kier alpha value is -3.44. The van der Waals surface area contributed by atoms with Gasteiger partial charge in [-0.05, 0) is 41.8 Å². The van der Waals surface area contributed by atoms with Crippen LogP contribution in [0.25, 0.3) is 11.1 Å². The second kappa shape index (κ2) is 8.51. The van der Waals surface area contributed by atoms with Crippen LogP contribution in [0.15, 0.2) is 36.5 Å². The summed E-state index contributed by atoms with van der Waals surface area (Å²) in [5, 5.41) is 21.2. The molecule has 0 bridgehead atoms. The molecule has 154 valence electrons. The van der Waals surface area contributed by atoms with Crippen LogP contribution in [0.4, 0.5) is 5.82 Å². The molecule has 1 saturated carbocycles. The highest BCUT2D eigenvalue weighted by Crippen LogP contribution is 2.39. The number of nitriles is 1. The maximum atomic E-state index is 12.2. The van der Waals surface area contributed by atoms with E-state index in [1.54, 1.807) is 30.5 Å². The molecule has 2 heterocycles. The standard InChI is InChI=1S/C22H21N3O5/c23-12-15-9-13(1-2-19(15)30-16-4-7-29-8-5-16)14-3-6-24-20(10-14)25-21(26)17-11-18(17)22(27)28/h1-3,6,9-10,16-18H,4-5,7-8,11H2,(H,27,28)(H,24,25,26). The molecule has 30 heavy (non-hydrogen) atoms. The van der Waals surface area contributed by atoms with Crippen LogP contribution in [0, 0.1) is 23.2 Å². The molecule has 4 rings (SSSR count). The van der Waals surface area contributed by atoms with Gasteiger partial charge in [-0.25, -0.2) is 4.98 Å². The Balaban J connectivity index is 1.48. The predicted molar refractivity (Wildman–Crippen MR) is 107 cm³/mol. The summed E-state index contributed by atoms with van der Waals surface area (Å²) in [7, 11) is 0. The summed E-state index contributed by atoms with van der Waals surface area (Å²) >= 11 is 0. The van der Waals surface area contributed by atoms with E-state index in [1.807, 2.05) is 6.07 Å². The molecule has 8 heteroatoms. The second-order valence-electron chi connectivity index (χ2n) is 7.46. The Bertz CT molecular complexity index is 1010. The zero-order valence-electron chi connectivity index (χ0n) is 16.2. The van der Waals surface area contributed by atoms with Crippen molar-refractivity contribution in [3.63, 3.8) is 0 Å². The van der Waals surface area contributed by atoms with E-state index in [0.717, 1.165) is 24.0 Å². The number of aliphatic carboxylic acids is 1. The van der Waals surface area contributed by atoms with E-state index in [0.29, 0.717) is 36.8 Å². The van der Waals surface area contributed by atoms with Gasteiger partial charge in [0.25, 0.3) is 0 Å². The zero-order chi connectivity index (χ0) is 21.1. The van der Waals surface area contributed by atoms with Crippen LogP contribution in [0.1, 0.15) is 24.8 Å². The van der Waals surface area contributed by atoms with E-state index in [1.165, 1.54) is 0 Å². The molecule has 8 nitrogen and oxygen atoms in total. The van der Waals surface area contributed by atoms with Crippen molar-refractivity contribution in [1.82, 2.24) is 4.98 Å². The number of carbonyl (C=O) groups is 2. The Labute approximate surface area is 173 Å². The third-order valence-corrected chi connectivity index (χ3v) is 5.35. The van der Waals surface area contributed by atoms with Crippen LogP contribution < -0.4 is 10.1 Å². The highest BCUT2D eigenvalue weighted by Gasteiger charge is 2.48. The number of anilines is 1. The molecular formula is C22H21N3O5. The molecule has 2 aromatic rings. The number of amides is 1. The fourth-order valence-electron chi connectivity index (χ4n) is 3.53. The molecular weight excluding hydrogens is 386 g/mol. The number of carbonyl (C=O) groups excluding carboxylic acids is 1. The molecule has 2 fully saturated rings. The third-order valence-electron chi connectivity index (χ3n) is 5.35. The second-order valence-corrected chi connectivity index (χ2v) is 7.46. The smallest absolute Gasteiger partial charge is 0.307 e. The molecule has 1 aromatic heterocycles. The number of ether oxygens (including phenoxy) is 2. The number of pyridine rings is 1. The molecule has 2 aliphatic rings. The van der Waals surface area contributed by atoms with Gasteiger partial charge in [-0.1, -0.05) is 6.07 Å². The van der Waals surface area contributed by atoms with E-state index in [-0.39, 0.29) is 12.0 Å². The van der Waals surface area contributed by atoms with Gasteiger partial charge in [-0.2, -0.15) is 5.26 Å². The summed E-state index contributed by atoms with van der Waals surface area (Å²) in [6.45, 7) is 1.31. The van der Waals surface area contributed by atoms with Gasteiger partial charge in [0.05, 0.1) is 30.6 Å². The molecule has 2 N–H and O–H groups in total. The van der Waals surface area contributed by atoms with Crippen LogP contribution in [-0.2, 0) is 14.3 Å². The summed E-state index contributed by atoms with van der Waals surface area (Å²) in [5.41, 5.74) is 2.00. The van der Waals surface area contributed by atoms with Crippen LogP contribution in [0.2, 0.25) is 0 Å². The van der Waals surface area contributed by atoms with E-state index >= 15 is 0 Å². The van der Waals surface area contributed by atoms with Crippen molar-refractivity contribution >= 4 is 17.7 Å². The number of hydrogen-bond donors (Lipinski definition) is 2. The van der Waals surface area contributed by atoms with Crippen molar-refractivity contribution in [2.75, 3.05) is 18.5 Å². The number of nitrogens with one attached hydrogen (secondary N) is 1. The van der Waals surface area contributed by atoms with Crippen LogP contribution in [0.5, 0.6) is 5.75 Å². The molecule has 0 radical (unpaired) electrons. The van der Waals surface area contributed by atoms with E-state index < -0.39 is 17.8 Å². The molecule has 1 aliphatic carbocycles. The van der Waals surface area contributed by atoms with Crippen LogP contribution in [0.3, 0.4) is 0 Å². The number of nitrogens with zero attached hydrogens (tertiary/aromatic N) is 2. The summed E-state index contributed by atoms with van der Waals surface area (Å²) < 4.78 is 11.3. The Morgan fingerprint density at radius 3 is 2.63 bits per heavy atom. The molecule has 2 unspecified atom stereocenters. The Morgan fingerprint density at radius 1 is 1.17 bits per heavy atom. The van der Waals surface area contributed by atoms with Crippen molar-refractivity contribution < 1.29 is 24.2 Å². The van der Waals surface area contributed by atoms with Gasteiger partial charge in [0.2, 0.25) is 5.91 Å². The van der Waals surface area contributed by atoms with Crippen molar-refractivity contribution in [3.05, 3.63) is 42.1 Å². The van der Waals surface area contributed by atoms with E-state index in [2.05, 4.69) is 16.4 Å². The highest BCUT2D eigenvalue weighted by atomic mass is 16.5. The lowest BCUT2D eigenvalue weighted by molar-refractivity contribution is -0.139. The number of benzene rings is 1. The minimum atomic E-state index is -0.955. The Kier molecular flexibility index (Phi) is 5.63. The van der Waals surface area contributed by atoms with Crippen molar-refractivity contribution in [3.8, 4) is 22.9 Å². The van der Waals surface area contributed by atoms with Crippen LogP contribution in [-0.4, -0.2) is 41.3 Å². The van der Waals surface area contributed by atoms with Crippen molar-refractivity contribution in [2.24, 2.45) is 11.8 Å². The molecule has 1 saturated heterocycles. The maximum absolute atomic E-state index is 12.2. The van der Waals surface area contributed by atoms with Gasteiger partial charge in [0.1, 0.15) is 23.7 Å². The zero-order valence-corrected chi connectivity index (χ0v) is 16.2. The lowest BCUT2D eigenvalue weighted by Gasteiger charge is -2.23. The third kappa shape index (κ3) is 4.42. The lowest BCUT2D eigenvalue weighted by atomic mass is 10.0. The normalized spacial score (nSPS) is 20.8.